The Morgan fingerprint density at radius 1 is 1.04 bits per heavy atom. The van der Waals surface area contributed by atoms with Crippen molar-refractivity contribution in [3.8, 4) is 22.8 Å². The average Bonchev–Trinajstić information content (AvgIpc) is 3.34. The SMILES string of the molecule is c1ccc(-c2ncn(CCc3cnc[nH]3)c2-c2ncc[nH]2)cc1. The van der Waals surface area contributed by atoms with Gasteiger partial charge in [0.25, 0.3) is 0 Å². The van der Waals surface area contributed by atoms with Crippen LogP contribution in [0.3, 0.4) is 0 Å². The number of benzene rings is 1. The van der Waals surface area contributed by atoms with Crippen molar-refractivity contribution in [2.24, 2.45) is 0 Å². The van der Waals surface area contributed by atoms with Crippen molar-refractivity contribution in [1.29, 1.82) is 0 Å². The zero-order valence-electron chi connectivity index (χ0n) is 12.5. The first kappa shape index (κ1) is 13.5. The summed E-state index contributed by atoms with van der Waals surface area (Å²) in [6.07, 6.45) is 9.87. The van der Waals surface area contributed by atoms with Crippen molar-refractivity contribution in [3.05, 3.63) is 67.3 Å². The second-order valence-corrected chi connectivity index (χ2v) is 5.27. The smallest absolute Gasteiger partial charge is 0.156 e. The maximum absolute atomic E-state index is 4.62. The standard InChI is InChI=1S/C17H16N6/c1-2-4-13(5-3-1)15-16(17-19-7-8-20-17)23(12-22-15)9-6-14-10-18-11-21-14/h1-5,7-8,10-12H,6,9H2,(H,18,21)(H,19,20). The van der Waals surface area contributed by atoms with Gasteiger partial charge in [-0.15, -0.1) is 0 Å². The quantitative estimate of drug-likeness (QED) is 0.595. The number of hydrogen-bond donors (Lipinski definition) is 2. The lowest BCUT2D eigenvalue weighted by atomic mass is 10.1. The van der Waals surface area contributed by atoms with Gasteiger partial charge in [0.15, 0.2) is 5.82 Å². The van der Waals surface area contributed by atoms with Gasteiger partial charge in [-0.25, -0.2) is 15.0 Å². The number of hydrogen-bond acceptors (Lipinski definition) is 3. The second-order valence-electron chi connectivity index (χ2n) is 5.27. The van der Waals surface area contributed by atoms with Crippen LogP contribution in [0, 0.1) is 0 Å². The lowest BCUT2D eigenvalue weighted by Gasteiger charge is -2.08. The van der Waals surface area contributed by atoms with Gasteiger partial charge < -0.3 is 14.5 Å². The molecule has 2 N–H and O–H groups in total. The Bertz CT molecular complexity index is 859. The van der Waals surface area contributed by atoms with E-state index in [0.717, 1.165) is 41.4 Å². The van der Waals surface area contributed by atoms with E-state index < -0.39 is 0 Å². The van der Waals surface area contributed by atoms with Crippen LogP contribution < -0.4 is 0 Å². The summed E-state index contributed by atoms with van der Waals surface area (Å²) in [5.41, 5.74) is 4.12. The zero-order chi connectivity index (χ0) is 15.5. The zero-order valence-corrected chi connectivity index (χ0v) is 12.5. The van der Waals surface area contributed by atoms with Crippen LogP contribution in [0.2, 0.25) is 0 Å². The molecule has 0 aliphatic heterocycles. The number of nitrogens with one attached hydrogen (secondary N) is 2. The molecule has 0 saturated carbocycles. The third-order valence-corrected chi connectivity index (χ3v) is 3.78. The molecule has 0 bridgehead atoms. The summed E-state index contributed by atoms with van der Waals surface area (Å²) in [5.74, 6) is 0.825. The number of imidazole rings is 3. The third kappa shape index (κ3) is 2.66. The van der Waals surface area contributed by atoms with Gasteiger partial charge in [0.05, 0.1) is 18.3 Å². The van der Waals surface area contributed by atoms with Gasteiger partial charge in [0.1, 0.15) is 5.69 Å². The molecule has 23 heavy (non-hydrogen) atoms. The summed E-state index contributed by atoms with van der Waals surface area (Å²) in [6.45, 7) is 0.804. The highest BCUT2D eigenvalue weighted by molar-refractivity contribution is 5.75. The lowest BCUT2D eigenvalue weighted by molar-refractivity contribution is 0.690. The Labute approximate surface area is 133 Å². The van der Waals surface area contributed by atoms with E-state index in [1.165, 1.54) is 0 Å². The molecule has 6 heteroatoms. The van der Waals surface area contributed by atoms with E-state index in [1.54, 1.807) is 12.5 Å². The van der Waals surface area contributed by atoms with E-state index in [-0.39, 0.29) is 0 Å². The van der Waals surface area contributed by atoms with Crippen LogP contribution >= 0.6 is 0 Å². The Morgan fingerprint density at radius 3 is 2.70 bits per heavy atom. The van der Waals surface area contributed by atoms with Gasteiger partial charge in [0.2, 0.25) is 0 Å². The van der Waals surface area contributed by atoms with E-state index in [2.05, 4.69) is 41.6 Å². The Morgan fingerprint density at radius 2 is 1.96 bits per heavy atom. The molecule has 0 unspecified atom stereocenters. The summed E-state index contributed by atoms with van der Waals surface area (Å²) in [7, 11) is 0. The molecule has 0 aliphatic carbocycles. The first-order chi connectivity index (χ1) is 11.4. The normalized spacial score (nSPS) is 11.0. The van der Waals surface area contributed by atoms with E-state index in [4.69, 9.17) is 0 Å². The van der Waals surface area contributed by atoms with Gasteiger partial charge >= 0.3 is 0 Å². The molecule has 0 fully saturated rings. The second kappa shape index (κ2) is 5.92. The molecule has 0 amide bonds. The number of aryl methyl sites for hydroxylation is 2. The van der Waals surface area contributed by atoms with Crippen LogP contribution in [0.15, 0.2) is 61.6 Å². The molecule has 6 nitrogen and oxygen atoms in total. The van der Waals surface area contributed by atoms with E-state index in [9.17, 15) is 0 Å². The Balaban J connectivity index is 1.73. The van der Waals surface area contributed by atoms with Crippen LogP contribution in [-0.2, 0) is 13.0 Å². The van der Waals surface area contributed by atoms with Crippen LogP contribution in [0.4, 0.5) is 0 Å². The number of H-pyrrole nitrogens is 2. The molecule has 4 aromatic rings. The lowest BCUT2D eigenvalue weighted by Crippen LogP contribution is -2.03. The number of aromatic nitrogens is 6. The van der Waals surface area contributed by atoms with E-state index >= 15 is 0 Å². The molecule has 0 aliphatic rings. The van der Waals surface area contributed by atoms with Crippen LogP contribution in [-0.4, -0.2) is 29.5 Å². The first-order valence-corrected chi connectivity index (χ1v) is 7.49. The van der Waals surface area contributed by atoms with Crippen LogP contribution in [0.5, 0.6) is 0 Å². The number of aromatic amines is 2. The molecule has 0 saturated heterocycles. The fraction of sp³-hybridized carbons (Fsp3) is 0.118. The first-order valence-electron chi connectivity index (χ1n) is 7.49. The van der Waals surface area contributed by atoms with Crippen molar-refractivity contribution in [1.82, 2.24) is 29.5 Å². The molecule has 114 valence electrons. The number of rotatable bonds is 5. The maximum atomic E-state index is 4.62. The third-order valence-electron chi connectivity index (χ3n) is 3.78. The summed E-state index contributed by atoms with van der Waals surface area (Å²) >= 11 is 0. The van der Waals surface area contributed by atoms with Crippen molar-refractivity contribution < 1.29 is 0 Å². The molecule has 1 aromatic carbocycles. The minimum absolute atomic E-state index is 0.804. The highest BCUT2D eigenvalue weighted by Gasteiger charge is 2.16. The highest BCUT2D eigenvalue weighted by atomic mass is 15.1. The fourth-order valence-corrected chi connectivity index (χ4v) is 2.66. The molecule has 0 spiro atoms. The Hall–Kier alpha value is -3.15. The maximum Gasteiger partial charge on any atom is 0.156 e. The minimum Gasteiger partial charge on any atom is -0.348 e. The van der Waals surface area contributed by atoms with E-state index in [0.29, 0.717) is 0 Å². The van der Waals surface area contributed by atoms with Crippen molar-refractivity contribution >= 4 is 0 Å². The molecule has 0 atom stereocenters. The van der Waals surface area contributed by atoms with Gasteiger partial charge in [0, 0.05) is 42.8 Å². The van der Waals surface area contributed by atoms with Gasteiger partial charge in [-0.2, -0.15) is 0 Å². The summed E-state index contributed by atoms with van der Waals surface area (Å²) in [4.78, 5) is 19.4. The predicted octanol–water partition coefficient (Wildman–Crippen LogP) is 2.91. The van der Waals surface area contributed by atoms with Crippen LogP contribution in [0.25, 0.3) is 22.8 Å². The van der Waals surface area contributed by atoms with Crippen molar-refractivity contribution in [3.63, 3.8) is 0 Å². The van der Waals surface area contributed by atoms with Gasteiger partial charge in [-0.3, -0.25) is 0 Å². The summed E-state index contributed by atoms with van der Waals surface area (Å²) in [5, 5.41) is 0. The fourth-order valence-electron chi connectivity index (χ4n) is 2.66. The van der Waals surface area contributed by atoms with Gasteiger partial charge in [-0.1, -0.05) is 30.3 Å². The average molecular weight is 304 g/mol. The topological polar surface area (TPSA) is 75.2 Å². The number of nitrogens with zero attached hydrogens (tertiary/aromatic N) is 4. The molecule has 3 heterocycles. The molecule has 3 aromatic heterocycles. The van der Waals surface area contributed by atoms with Crippen molar-refractivity contribution in [2.45, 2.75) is 13.0 Å². The molecular weight excluding hydrogens is 288 g/mol. The largest absolute Gasteiger partial charge is 0.348 e. The summed E-state index contributed by atoms with van der Waals surface area (Å²) < 4.78 is 2.13. The molecule has 4 rings (SSSR count). The monoisotopic (exact) mass is 304 g/mol. The van der Waals surface area contributed by atoms with Crippen LogP contribution in [0.1, 0.15) is 5.69 Å². The Kier molecular flexibility index (Phi) is 3.48. The minimum atomic E-state index is 0.804. The van der Waals surface area contributed by atoms with Gasteiger partial charge in [-0.05, 0) is 0 Å². The predicted molar refractivity (Wildman–Crippen MR) is 87.5 cm³/mol. The van der Waals surface area contributed by atoms with Crippen molar-refractivity contribution in [2.75, 3.05) is 0 Å². The molecular formula is C17H16N6. The highest BCUT2D eigenvalue weighted by Crippen LogP contribution is 2.29. The molecule has 0 radical (unpaired) electrons. The summed E-state index contributed by atoms with van der Waals surface area (Å²) in [6, 6.07) is 10.2. The van der Waals surface area contributed by atoms with E-state index in [1.807, 2.05) is 36.9 Å².